The number of aromatic nitrogens is 2. The number of hydrogen-bond acceptors (Lipinski definition) is 4. The van der Waals surface area contributed by atoms with E-state index in [2.05, 4.69) is 26.2 Å². The van der Waals surface area contributed by atoms with Crippen molar-refractivity contribution in [3.8, 4) is 5.75 Å². The summed E-state index contributed by atoms with van der Waals surface area (Å²) >= 11 is 3.35. The summed E-state index contributed by atoms with van der Waals surface area (Å²) < 4.78 is 21.3. The Morgan fingerprint density at radius 1 is 1.44 bits per heavy atom. The van der Waals surface area contributed by atoms with E-state index >= 15 is 0 Å². The van der Waals surface area contributed by atoms with E-state index in [1.165, 1.54) is 25.6 Å². The van der Waals surface area contributed by atoms with E-state index in [1.807, 2.05) is 0 Å². The number of carbonyl (C=O) groups excluding carboxylic acids is 1. The molecule has 1 aromatic carbocycles. The molecule has 0 aliphatic rings. The Hall–Kier alpha value is -2.45. The van der Waals surface area contributed by atoms with Gasteiger partial charge < -0.3 is 19.6 Å². The van der Waals surface area contributed by atoms with Gasteiger partial charge in [0.2, 0.25) is 0 Å². The van der Waals surface area contributed by atoms with E-state index < -0.39 is 24.4 Å². The minimum Gasteiger partial charge on any atom is -0.497 e. The average molecular weight is 408 g/mol. The molecular formula is C17H15BrFN3O3. The highest BCUT2D eigenvalue weighted by Crippen LogP contribution is 2.22. The molecule has 3 rings (SSSR count). The van der Waals surface area contributed by atoms with Gasteiger partial charge >= 0.3 is 0 Å². The molecule has 0 fully saturated rings. The number of pyridine rings is 1. The van der Waals surface area contributed by atoms with E-state index in [9.17, 15) is 14.3 Å². The first kappa shape index (κ1) is 17.4. The Labute approximate surface area is 151 Å². The number of ether oxygens (including phenoxy) is 1. The lowest BCUT2D eigenvalue weighted by molar-refractivity contribution is 0.0913. The minimum absolute atomic E-state index is 0.217. The predicted octanol–water partition coefficient (Wildman–Crippen LogP) is 2.71. The maximum Gasteiger partial charge on any atom is 0.272 e. The molecule has 1 amide bonds. The molecule has 25 heavy (non-hydrogen) atoms. The Bertz CT molecular complexity index is 929. The van der Waals surface area contributed by atoms with Gasteiger partial charge in [-0.1, -0.05) is 0 Å². The zero-order chi connectivity index (χ0) is 18.0. The summed E-state index contributed by atoms with van der Waals surface area (Å²) in [5.41, 5.74) is 1.24. The maximum absolute atomic E-state index is 13.7. The Kier molecular flexibility index (Phi) is 5.00. The van der Waals surface area contributed by atoms with Crippen molar-refractivity contribution in [1.82, 2.24) is 14.7 Å². The highest BCUT2D eigenvalue weighted by atomic mass is 79.9. The van der Waals surface area contributed by atoms with Gasteiger partial charge in [0.05, 0.1) is 25.3 Å². The molecule has 0 aliphatic carbocycles. The van der Waals surface area contributed by atoms with Crippen LogP contribution < -0.4 is 10.1 Å². The largest absolute Gasteiger partial charge is 0.497 e. The number of rotatable bonds is 5. The molecule has 0 saturated carbocycles. The van der Waals surface area contributed by atoms with Crippen molar-refractivity contribution < 1.29 is 19.0 Å². The summed E-state index contributed by atoms with van der Waals surface area (Å²) in [5, 5.41) is 12.3. The lowest BCUT2D eigenvalue weighted by Gasteiger charge is -2.17. The number of methoxy groups -OCH3 is 1. The van der Waals surface area contributed by atoms with E-state index in [0.717, 1.165) is 4.47 Å². The molecule has 3 aromatic rings. The van der Waals surface area contributed by atoms with E-state index in [-0.39, 0.29) is 5.69 Å². The molecule has 2 N–H and O–H groups in total. The first-order valence-electron chi connectivity index (χ1n) is 7.40. The van der Waals surface area contributed by atoms with Gasteiger partial charge in [-0.15, -0.1) is 0 Å². The van der Waals surface area contributed by atoms with Crippen molar-refractivity contribution in [2.45, 2.75) is 6.04 Å². The number of halogens is 2. The van der Waals surface area contributed by atoms with Gasteiger partial charge in [0.15, 0.2) is 5.69 Å². The highest BCUT2D eigenvalue weighted by molar-refractivity contribution is 9.10. The van der Waals surface area contributed by atoms with Gasteiger partial charge in [0.1, 0.15) is 17.9 Å². The number of aliphatic hydroxyl groups is 1. The molecule has 130 valence electrons. The first-order valence-corrected chi connectivity index (χ1v) is 8.19. The quantitative estimate of drug-likeness (QED) is 0.681. The second kappa shape index (κ2) is 7.20. The van der Waals surface area contributed by atoms with Crippen LogP contribution in [0.5, 0.6) is 5.75 Å². The van der Waals surface area contributed by atoms with Crippen LogP contribution in [0.1, 0.15) is 22.1 Å². The number of imidazole rings is 1. The number of fused-ring (bicyclic) bond motifs is 1. The zero-order valence-corrected chi connectivity index (χ0v) is 14.8. The second-order valence-corrected chi connectivity index (χ2v) is 6.28. The number of carbonyl (C=O) groups is 1. The smallest absolute Gasteiger partial charge is 0.272 e. The number of benzene rings is 1. The number of hydrogen-bond donors (Lipinski definition) is 2. The van der Waals surface area contributed by atoms with Crippen LogP contribution in [0.15, 0.2) is 47.3 Å². The summed E-state index contributed by atoms with van der Waals surface area (Å²) in [6.45, 7) is -0.393. The van der Waals surface area contributed by atoms with Crippen LogP contribution in [0, 0.1) is 5.82 Å². The van der Waals surface area contributed by atoms with Crippen LogP contribution >= 0.6 is 15.9 Å². The van der Waals surface area contributed by atoms with Crippen molar-refractivity contribution in [3.63, 3.8) is 0 Å². The van der Waals surface area contributed by atoms with Gasteiger partial charge in [0, 0.05) is 16.7 Å². The minimum atomic E-state index is -0.788. The fraction of sp³-hybridized carbons (Fsp3) is 0.176. The van der Waals surface area contributed by atoms with Gasteiger partial charge in [0.25, 0.3) is 5.91 Å². The van der Waals surface area contributed by atoms with Crippen LogP contribution in [0.2, 0.25) is 0 Å². The van der Waals surface area contributed by atoms with Crippen molar-refractivity contribution in [3.05, 3.63) is 64.4 Å². The summed E-state index contributed by atoms with van der Waals surface area (Å²) in [5.74, 6) is -0.675. The van der Waals surface area contributed by atoms with E-state index in [0.29, 0.717) is 16.8 Å². The van der Waals surface area contributed by atoms with Gasteiger partial charge in [-0.05, 0) is 45.8 Å². The third-order valence-electron chi connectivity index (χ3n) is 3.73. The lowest BCUT2D eigenvalue weighted by Crippen LogP contribution is -2.31. The number of amides is 1. The molecule has 2 aromatic heterocycles. The number of nitrogens with one attached hydrogen (secondary N) is 1. The summed E-state index contributed by atoms with van der Waals surface area (Å²) in [6, 6.07) is 6.79. The lowest BCUT2D eigenvalue weighted by atomic mass is 10.1. The molecule has 2 heterocycles. The monoisotopic (exact) mass is 407 g/mol. The topological polar surface area (TPSA) is 75.9 Å². The fourth-order valence-electron chi connectivity index (χ4n) is 2.51. The van der Waals surface area contributed by atoms with Crippen molar-refractivity contribution in [2.75, 3.05) is 13.7 Å². The summed E-state index contributed by atoms with van der Waals surface area (Å²) in [7, 11) is 1.42. The Morgan fingerprint density at radius 3 is 2.96 bits per heavy atom. The van der Waals surface area contributed by atoms with Gasteiger partial charge in [-0.2, -0.15) is 0 Å². The molecule has 1 atom stereocenters. The van der Waals surface area contributed by atoms with Crippen LogP contribution in [0.3, 0.4) is 0 Å². The van der Waals surface area contributed by atoms with Crippen LogP contribution in [0.4, 0.5) is 4.39 Å². The normalized spacial score (nSPS) is 12.2. The molecule has 0 spiro atoms. The standard InChI is InChI=1S/C17H15BrFN3O3/c1-25-13-5-10(4-12(19)6-13)14(8-23)21-17(24)16-15-3-2-11(18)7-22(15)9-20-16/h2-7,9,14,23H,8H2,1H3,(H,21,24)/t14-/m1/s1. The SMILES string of the molecule is COc1cc(F)cc([C@@H](CO)NC(=O)c2ncn3cc(Br)ccc23)c1. The molecule has 0 saturated heterocycles. The molecule has 0 radical (unpaired) electrons. The fourth-order valence-corrected chi connectivity index (χ4v) is 2.86. The van der Waals surface area contributed by atoms with Crippen LogP contribution in [-0.2, 0) is 0 Å². The molecule has 8 heteroatoms. The third kappa shape index (κ3) is 3.64. The van der Waals surface area contributed by atoms with Gasteiger partial charge in [-0.3, -0.25) is 4.79 Å². The maximum atomic E-state index is 13.7. The number of aliphatic hydroxyl groups excluding tert-OH is 1. The third-order valence-corrected chi connectivity index (χ3v) is 4.20. The van der Waals surface area contributed by atoms with Crippen molar-refractivity contribution in [2.24, 2.45) is 0 Å². The number of nitrogens with zero attached hydrogens (tertiary/aromatic N) is 2. The first-order chi connectivity index (χ1) is 12.0. The second-order valence-electron chi connectivity index (χ2n) is 5.37. The molecule has 0 bridgehead atoms. The predicted molar refractivity (Wildman–Crippen MR) is 93.1 cm³/mol. The van der Waals surface area contributed by atoms with E-state index in [4.69, 9.17) is 4.74 Å². The van der Waals surface area contributed by atoms with E-state index in [1.54, 1.807) is 28.8 Å². The average Bonchev–Trinajstić information content (AvgIpc) is 3.01. The Balaban J connectivity index is 1.88. The van der Waals surface area contributed by atoms with Gasteiger partial charge in [-0.25, -0.2) is 9.37 Å². The zero-order valence-electron chi connectivity index (χ0n) is 13.2. The summed E-state index contributed by atoms with van der Waals surface area (Å²) in [6.07, 6.45) is 3.30. The molecule has 0 aliphatic heterocycles. The molecular weight excluding hydrogens is 393 g/mol. The highest BCUT2D eigenvalue weighted by Gasteiger charge is 2.20. The molecule has 6 nitrogen and oxygen atoms in total. The Morgan fingerprint density at radius 2 is 2.24 bits per heavy atom. The van der Waals surface area contributed by atoms with Crippen LogP contribution in [0.25, 0.3) is 5.52 Å². The van der Waals surface area contributed by atoms with Crippen molar-refractivity contribution in [1.29, 1.82) is 0 Å². The van der Waals surface area contributed by atoms with Crippen molar-refractivity contribution >= 4 is 27.4 Å². The molecule has 0 unspecified atom stereocenters. The summed E-state index contributed by atoms with van der Waals surface area (Å²) in [4.78, 5) is 16.7. The van der Waals surface area contributed by atoms with Crippen LogP contribution in [-0.4, -0.2) is 34.1 Å².